The summed E-state index contributed by atoms with van der Waals surface area (Å²) in [6, 6.07) is 7.58. The molecule has 1 aromatic rings. The van der Waals surface area contributed by atoms with E-state index in [-0.39, 0.29) is 17.9 Å². The van der Waals surface area contributed by atoms with Crippen molar-refractivity contribution >= 4 is 11.9 Å². The second-order valence-electron chi connectivity index (χ2n) is 5.18. The number of amides is 1. The molecular formula is C15H19NO3. The highest BCUT2D eigenvalue weighted by Crippen LogP contribution is 2.24. The number of hydrogen-bond donors (Lipinski definition) is 2. The van der Waals surface area contributed by atoms with Crippen LogP contribution < -0.4 is 5.32 Å². The summed E-state index contributed by atoms with van der Waals surface area (Å²) in [6.07, 6.45) is 2.78. The molecule has 0 bridgehead atoms. The van der Waals surface area contributed by atoms with E-state index in [4.69, 9.17) is 5.11 Å². The minimum Gasteiger partial charge on any atom is -0.481 e. The lowest BCUT2D eigenvalue weighted by molar-refractivity contribution is -0.142. The summed E-state index contributed by atoms with van der Waals surface area (Å²) >= 11 is 0. The molecule has 0 aliphatic heterocycles. The highest BCUT2D eigenvalue weighted by atomic mass is 16.4. The smallest absolute Gasteiger partial charge is 0.306 e. The zero-order valence-electron chi connectivity index (χ0n) is 11.1. The van der Waals surface area contributed by atoms with Crippen molar-refractivity contribution in [2.75, 3.05) is 0 Å². The van der Waals surface area contributed by atoms with Gasteiger partial charge in [-0.2, -0.15) is 0 Å². The number of carboxylic acids is 1. The monoisotopic (exact) mass is 261 g/mol. The molecule has 19 heavy (non-hydrogen) atoms. The van der Waals surface area contributed by atoms with E-state index in [1.54, 1.807) is 0 Å². The van der Waals surface area contributed by atoms with Crippen molar-refractivity contribution in [3.8, 4) is 0 Å². The third-order valence-corrected chi connectivity index (χ3v) is 3.80. The van der Waals surface area contributed by atoms with Crippen LogP contribution in [0.4, 0.5) is 0 Å². The summed E-state index contributed by atoms with van der Waals surface area (Å²) in [7, 11) is 0. The van der Waals surface area contributed by atoms with Crippen LogP contribution in [0.5, 0.6) is 0 Å². The Kier molecular flexibility index (Phi) is 4.20. The van der Waals surface area contributed by atoms with Gasteiger partial charge >= 0.3 is 5.97 Å². The molecule has 0 saturated heterocycles. The number of benzene rings is 1. The number of hydrogen-bond acceptors (Lipinski definition) is 2. The lowest BCUT2D eigenvalue weighted by Gasteiger charge is -2.27. The molecule has 0 heterocycles. The summed E-state index contributed by atoms with van der Waals surface area (Å²) < 4.78 is 0. The molecule has 0 radical (unpaired) electrons. The molecule has 4 nitrogen and oxygen atoms in total. The van der Waals surface area contributed by atoms with E-state index in [0.717, 1.165) is 18.4 Å². The van der Waals surface area contributed by atoms with Gasteiger partial charge in [0.25, 0.3) is 5.91 Å². The lowest BCUT2D eigenvalue weighted by Crippen LogP contribution is -2.38. The Morgan fingerprint density at radius 2 is 1.79 bits per heavy atom. The second-order valence-corrected chi connectivity index (χ2v) is 5.18. The first kappa shape index (κ1) is 13.6. The normalized spacial score (nSPS) is 22.8. The first-order valence-electron chi connectivity index (χ1n) is 6.67. The Hall–Kier alpha value is -1.84. The maximum atomic E-state index is 12.1. The number of rotatable bonds is 3. The van der Waals surface area contributed by atoms with Crippen LogP contribution in [0.25, 0.3) is 0 Å². The molecule has 2 rings (SSSR count). The summed E-state index contributed by atoms with van der Waals surface area (Å²) in [5, 5.41) is 11.9. The van der Waals surface area contributed by atoms with E-state index in [0.29, 0.717) is 18.4 Å². The van der Waals surface area contributed by atoms with Gasteiger partial charge in [0.1, 0.15) is 0 Å². The van der Waals surface area contributed by atoms with E-state index in [1.165, 1.54) is 0 Å². The van der Waals surface area contributed by atoms with Crippen LogP contribution in [0.2, 0.25) is 0 Å². The fraction of sp³-hybridized carbons (Fsp3) is 0.467. The zero-order chi connectivity index (χ0) is 13.8. The van der Waals surface area contributed by atoms with E-state index in [9.17, 15) is 9.59 Å². The van der Waals surface area contributed by atoms with Crippen molar-refractivity contribution in [1.82, 2.24) is 5.32 Å². The van der Waals surface area contributed by atoms with E-state index >= 15 is 0 Å². The third-order valence-electron chi connectivity index (χ3n) is 3.80. The minimum absolute atomic E-state index is 0.0584. The van der Waals surface area contributed by atoms with Crippen LogP contribution in [0.1, 0.15) is 41.6 Å². The molecule has 0 atom stereocenters. The Bertz CT molecular complexity index is 476. The molecule has 0 aromatic heterocycles. The summed E-state index contributed by atoms with van der Waals surface area (Å²) in [6.45, 7) is 1.91. The van der Waals surface area contributed by atoms with Gasteiger partial charge in [0.05, 0.1) is 5.92 Å². The number of carboxylic acid groups (broad SMARTS) is 1. The molecule has 1 saturated carbocycles. The predicted molar refractivity (Wildman–Crippen MR) is 72.0 cm³/mol. The standard InChI is InChI=1S/C15H19NO3/c1-10-4-2-3-5-13(10)14(17)16-12-8-6-11(7-9-12)15(18)19/h2-5,11-12H,6-9H2,1H3,(H,16,17)(H,18,19). The average Bonchev–Trinajstić information content (AvgIpc) is 2.39. The van der Waals surface area contributed by atoms with Crippen molar-refractivity contribution in [3.63, 3.8) is 0 Å². The van der Waals surface area contributed by atoms with Gasteiger partial charge in [-0.3, -0.25) is 9.59 Å². The lowest BCUT2D eigenvalue weighted by atomic mass is 9.86. The van der Waals surface area contributed by atoms with Crippen molar-refractivity contribution in [1.29, 1.82) is 0 Å². The number of aryl methyl sites for hydroxylation is 1. The van der Waals surface area contributed by atoms with Gasteiger partial charge < -0.3 is 10.4 Å². The van der Waals surface area contributed by atoms with Crippen LogP contribution in [-0.4, -0.2) is 23.0 Å². The fourth-order valence-electron chi connectivity index (χ4n) is 2.58. The minimum atomic E-state index is -0.719. The van der Waals surface area contributed by atoms with Crippen molar-refractivity contribution in [2.45, 2.75) is 38.6 Å². The maximum Gasteiger partial charge on any atom is 0.306 e. The van der Waals surface area contributed by atoms with Gasteiger partial charge in [0.2, 0.25) is 0 Å². The Balaban J connectivity index is 1.91. The SMILES string of the molecule is Cc1ccccc1C(=O)NC1CCC(C(=O)O)CC1. The van der Waals surface area contributed by atoms with E-state index in [1.807, 2.05) is 31.2 Å². The largest absolute Gasteiger partial charge is 0.481 e. The van der Waals surface area contributed by atoms with E-state index in [2.05, 4.69) is 5.32 Å². The number of aliphatic carboxylic acids is 1. The molecule has 1 aliphatic rings. The van der Waals surface area contributed by atoms with Gasteiger partial charge in [0, 0.05) is 11.6 Å². The molecule has 0 unspecified atom stereocenters. The van der Waals surface area contributed by atoms with Crippen molar-refractivity contribution in [3.05, 3.63) is 35.4 Å². The number of carbonyl (C=O) groups is 2. The zero-order valence-corrected chi connectivity index (χ0v) is 11.1. The van der Waals surface area contributed by atoms with Crippen LogP contribution in [0, 0.1) is 12.8 Å². The number of nitrogens with one attached hydrogen (secondary N) is 1. The van der Waals surface area contributed by atoms with Crippen molar-refractivity contribution < 1.29 is 14.7 Å². The van der Waals surface area contributed by atoms with Crippen molar-refractivity contribution in [2.24, 2.45) is 5.92 Å². The predicted octanol–water partition coefficient (Wildman–Crippen LogP) is 2.37. The first-order chi connectivity index (χ1) is 9.08. The van der Waals surface area contributed by atoms with E-state index < -0.39 is 5.97 Å². The van der Waals surface area contributed by atoms with Crippen LogP contribution >= 0.6 is 0 Å². The van der Waals surface area contributed by atoms with Gasteiger partial charge in [-0.15, -0.1) is 0 Å². The van der Waals surface area contributed by atoms with Gasteiger partial charge in [-0.25, -0.2) is 0 Å². The summed E-state index contributed by atoms with van der Waals surface area (Å²) in [4.78, 5) is 23.0. The summed E-state index contributed by atoms with van der Waals surface area (Å²) in [5.74, 6) is -1.02. The van der Waals surface area contributed by atoms with Crippen LogP contribution in [0.15, 0.2) is 24.3 Å². The Morgan fingerprint density at radius 1 is 1.16 bits per heavy atom. The van der Waals surface area contributed by atoms with Gasteiger partial charge in [-0.05, 0) is 44.2 Å². The van der Waals surface area contributed by atoms with Gasteiger partial charge in [-0.1, -0.05) is 18.2 Å². The molecular weight excluding hydrogens is 242 g/mol. The molecule has 1 aliphatic carbocycles. The fourth-order valence-corrected chi connectivity index (χ4v) is 2.58. The number of carbonyl (C=O) groups excluding carboxylic acids is 1. The highest BCUT2D eigenvalue weighted by molar-refractivity contribution is 5.95. The molecule has 1 amide bonds. The first-order valence-corrected chi connectivity index (χ1v) is 6.67. The molecule has 0 spiro atoms. The second kappa shape index (κ2) is 5.87. The maximum absolute atomic E-state index is 12.1. The Morgan fingerprint density at radius 3 is 2.37 bits per heavy atom. The molecule has 4 heteroatoms. The molecule has 102 valence electrons. The molecule has 1 aromatic carbocycles. The topological polar surface area (TPSA) is 66.4 Å². The molecule has 1 fully saturated rings. The average molecular weight is 261 g/mol. The van der Waals surface area contributed by atoms with Crippen LogP contribution in [-0.2, 0) is 4.79 Å². The van der Waals surface area contributed by atoms with Crippen LogP contribution in [0.3, 0.4) is 0 Å². The Labute approximate surface area is 112 Å². The van der Waals surface area contributed by atoms with Gasteiger partial charge in [0.15, 0.2) is 0 Å². The molecule has 2 N–H and O–H groups in total. The third kappa shape index (κ3) is 3.34. The highest BCUT2D eigenvalue weighted by Gasteiger charge is 2.26. The quantitative estimate of drug-likeness (QED) is 0.877. The summed E-state index contributed by atoms with van der Waals surface area (Å²) in [5.41, 5.74) is 1.65.